The van der Waals surface area contributed by atoms with Gasteiger partial charge in [0.25, 0.3) is 5.56 Å². The van der Waals surface area contributed by atoms with Gasteiger partial charge in [0.1, 0.15) is 18.4 Å². The van der Waals surface area contributed by atoms with Crippen LogP contribution in [-0.2, 0) is 9.47 Å². The highest BCUT2D eigenvalue weighted by Gasteiger charge is 2.37. The van der Waals surface area contributed by atoms with Gasteiger partial charge in [-0.05, 0) is 6.92 Å². The van der Waals surface area contributed by atoms with Crippen molar-refractivity contribution in [2.75, 3.05) is 6.61 Å². The van der Waals surface area contributed by atoms with Crippen LogP contribution in [-0.4, -0.2) is 33.5 Å². The highest BCUT2D eigenvalue weighted by atomic mass is 16.6. The van der Waals surface area contributed by atoms with Crippen LogP contribution in [0.1, 0.15) is 18.2 Å². The topological polar surface area (TPSA) is 117 Å². The smallest absolute Gasteiger partial charge is 0.330 e. The van der Waals surface area contributed by atoms with Crippen LogP contribution in [0, 0.1) is 18.3 Å². The second-order valence-electron chi connectivity index (χ2n) is 4.63. The standard InChI is InChI=1S/C13H15N3O5/c1-8-6-16(13(19)15-12(8)18)11-5-9(10(7-17)21-11)20-4-2-3-14/h2,4,6,9-11,17H,5,7H2,1H3,(H,15,18,19)/t9-,10+,11+/m0/s1. The van der Waals surface area contributed by atoms with Crippen LogP contribution in [0.3, 0.4) is 0 Å². The fourth-order valence-electron chi connectivity index (χ4n) is 2.15. The van der Waals surface area contributed by atoms with Gasteiger partial charge < -0.3 is 14.6 Å². The number of nitrogens with zero attached hydrogens (tertiary/aromatic N) is 2. The molecule has 2 rings (SSSR count). The zero-order chi connectivity index (χ0) is 15.4. The van der Waals surface area contributed by atoms with Gasteiger partial charge in [-0.3, -0.25) is 14.3 Å². The molecule has 8 heteroatoms. The summed E-state index contributed by atoms with van der Waals surface area (Å²) in [5, 5.41) is 17.7. The predicted molar refractivity (Wildman–Crippen MR) is 71.3 cm³/mol. The normalized spacial score (nSPS) is 25.1. The van der Waals surface area contributed by atoms with Crippen LogP contribution in [0.5, 0.6) is 0 Å². The van der Waals surface area contributed by atoms with Crippen molar-refractivity contribution >= 4 is 0 Å². The fourth-order valence-corrected chi connectivity index (χ4v) is 2.15. The number of aromatic nitrogens is 2. The van der Waals surface area contributed by atoms with E-state index in [4.69, 9.17) is 14.7 Å². The molecule has 1 aromatic rings. The van der Waals surface area contributed by atoms with Gasteiger partial charge in [0.05, 0.1) is 25.0 Å². The number of hydrogen-bond acceptors (Lipinski definition) is 6. The van der Waals surface area contributed by atoms with E-state index in [2.05, 4.69) is 4.98 Å². The minimum Gasteiger partial charge on any atom is -0.494 e. The van der Waals surface area contributed by atoms with Gasteiger partial charge in [-0.25, -0.2) is 4.79 Å². The quantitative estimate of drug-likeness (QED) is 0.573. The molecule has 1 saturated heterocycles. The lowest BCUT2D eigenvalue weighted by Crippen LogP contribution is -2.33. The maximum Gasteiger partial charge on any atom is 0.330 e. The molecule has 1 aromatic heterocycles. The molecule has 21 heavy (non-hydrogen) atoms. The zero-order valence-corrected chi connectivity index (χ0v) is 11.4. The van der Waals surface area contributed by atoms with Gasteiger partial charge in [-0.15, -0.1) is 0 Å². The highest BCUT2D eigenvalue weighted by Crippen LogP contribution is 2.29. The van der Waals surface area contributed by atoms with E-state index in [9.17, 15) is 14.7 Å². The van der Waals surface area contributed by atoms with Crippen molar-refractivity contribution in [3.05, 3.63) is 44.9 Å². The average Bonchev–Trinajstić information content (AvgIpc) is 2.86. The summed E-state index contributed by atoms with van der Waals surface area (Å²) in [5.74, 6) is 0. The Bertz CT molecular complexity index is 684. The number of H-pyrrole nitrogens is 1. The van der Waals surface area contributed by atoms with Crippen LogP contribution in [0.15, 0.2) is 28.1 Å². The lowest BCUT2D eigenvalue weighted by Gasteiger charge is -2.15. The van der Waals surface area contributed by atoms with Crippen molar-refractivity contribution < 1.29 is 14.6 Å². The van der Waals surface area contributed by atoms with E-state index in [1.165, 1.54) is 17.0 Å². The van der Waals surface area contributed by atoms with E-state index in [-0.39, 0.29) is 6.61 Å². The second kappa shape index (κ2) is 6.39. The fraction of sp³-hybridized carbons (Fsp3) is 0.462. The number of nitriles is 1. The number of nitrogens with one attached hydrogen (secondary N) is 1. The largest absolute Gasteiger partial charge is 0.494 e. The second-order valence-corrected chi connectivity index (χ2v) is 4.63. The molecular formula is C13H15N3O5. The molecule has 112 valence electrons. The van der Waals surface area contributed by atoms with Gasteiger partial charge in [-0.2, -0.15) is 5.26 Å². The number of aliphatic hydroxyl groups excluding tert-OH is 1. The summed E-state index contributed by atoms with van der Waals surface area (Å²) in [7, 11) is 0. The van der Waals surface area contributed by atoms with Gasteiger partial charge in [0, 0.05) is 18.2 Å². The third-order valence-electron chi connectivity index (χ3n) is 3.21. The average molecular weight is 293 g/mol. The van der Waals surface area contributed by atoms with Crippen molar-refractivity contribution in [2.24, 2.45) is 0 Å². The summed E-state index contributed by atoms with van der Waals surface area (Å²) in [6.45, 7) is 1.30. The minimum atomic E-state index is -0.648. The predicted octanol–water partition coefficient (Wildman–Crippen LogP) is -0.453. The van der Waals surface area contributed by atoms with E-state index < -0.39 is 29.7 Å². The third kappa shape index (κ3) is 3.21. The summed E-state index contributed by atoms with van der Waals surface area (Å²) < 4.78 is 12.1. The van der Waals surface area contributed by atoms with Crippen LogP contribution in [0.2, 0.25) is 0 Å². The zero-order valence-electron chi connectivity index (χ0n) is 11.4. The molecule has 3 atom stereocenters. The molecule has 0 unspecified atom stereocenters. The van der Waals surface area contributed by atoms with Gasteiger partial charge in [0.15, 0.2) is 0 Å². The van der Waals surface area contributed by atoms with Crippen LogP contribution >= 0.6 is 0 Å². The summed E-state index contributed by atoms with van der Waals surface area (Å²) in [4.78, 5) is 25.4. The monoisotopic (exact) mass is 293 g/mol. The van der Waals surface area contributed by atoms with E-state index in [1.807, 2.05) is 0 Å². The molecule has 0 radical (unpaired) electrons. The molecule has 1 aliphatic rings. The Labute approximate surface area is 119 Å². The first-order valence-corrected chi connectivity index (χ1v) is 6.35. The maximum absolute atomic E-state index is 11.8. The molecule has 0 spiro atoms. The summed E-state index contributed by atoms with van der Waals surface area (Å²) in [5.41, 5.74) is -0.647. The van der Waals surface area contributed by atoms with Crippen molar-refractivity contribution in [1.82, 2.24) is 9.55 Å². The Morgan fingerprint density at radius 3 is 3.10 bits per heavy atom. The highest BCUT2D eigenvalue weighted by molar-refractivity contribution is 5.02. The molecule has 0 aromatic carbocycles. The number of aliphatic hydroxyl groups is 1. The number of aryl methyl sites for hydroxylation is 1. The summed E-state index contributed by atoms with van der Waals surface area (Å²) in [6.07, 6.45) is 2.37. The first-order valence-electron chi connectivity index (χ1n) is 6.35. The molecule has 2 N–H and O–H groups in total. The molecule has 2 heterocycles. The van der Waals surface area contributed by atoms with Crippen molar-refractivity contribution in [3.8, 4) is 6.07 Å². The Morgan fingerprint density at radius 1 is 1.67 bits per heavy atom. The van der Waals surface area contributed by atoms with Crippen molar-refractivity contribution in [1.29, 1.82) is 5.26 Å². The third-order valence-corrected chi connectivity index (χ3v) is 3.21. The first kappa shape index (κ1) is 15.0. The number of aromatic amines is 1. The molecule has 1 aliphatic heterocycles. The van der Waals surface area contributed by atoms with Crippen LogP contribution in [0.4, 0.5) is 0 Å². The molecule has 0 amide bonds. The van der Waals surface area contributed by atoms with Gasteiger partial charge in [-0.1, -0.05) is 0 Å². The summed E-state index contributed by atoms with van der Waals surface area (Å²) in [6, 6.07) is 1.79. The molecule has 0 aliphatic carbocycles. The Balaban J connectivity index is 2.21. The number of ether oxygens (including phenoxy) is 2. The lowest BCUT2D eigenvalue weighted by atomic mass is 10.2. The number of allylic oxidation sites excluding steroid dienone is 1. The Hall–Kier alpha value is -2.37. The molecule has 0 bridgehead atoms. The Kier molecular flexibility index (Phi) is 4.57. The number of rotatable bonds is 4. The maximum atomic E-state index is 11.8. The first-order chi connectivity index (χ1) is 10.1. The molecular weight excluding hydrogens is 278 g/mol. The van der Waals surface area contributed by atoms with Crippen LogP contribution < -0.4 is 11.2 Å². The van der Waals surface area contributed by atoms with Gasteiger partial charge >= 0.3 is 5.69 Å². The Morgan fingerprint density at radius 2 is 2.43 bits per heavy atom. The van der Waals surface area contributed by atoms with Gasteiger partial charge in [0.2, 0.25) is 0 Å². The van der Waals surface area contributed by atoms with Crippen LogP contribution in [0.25, 0.3) is 0 Å². The van der Waals surface area contributed by atoms with Crippen molar-refractivity contribution in [2.45, 2.75) is 31.8 Å². The lowest BCUT2D eigenvalue weighted by molar-refractivity contribution is -0.0481. The molecule has 8 nitrogen and oxygen atoms in total. The molecule has 0 saturated carbocycles. The van der Waals surface area contributed by atoms with E-state index in [0.29, 0.717) is 12.0 Å². The van der Waals surface area contributed by atoms with E-state index in [0.717, 1.165) is 6.08 Å². The minimum absolute atomic E-state index is 0.279. The number of hydrogen-bond donors (Lipinski definition) is 2. The summed E-state index contributed by atoms with van der Waals surface area (Å²) >= 11 is 0. The SMILES string of the molecule is Cc1cn([C@H]2C[C@H](OC=CC#N)[C@@H](CO)O2)c(=O)[nH]c1=O. The van der Waals surface area contributed by atoms with Crippen molar-refractivity contribution in [3.63, 3.8) is 0 Å². The van der Waals surface area contributed by atoms with E-state index in [1.54, 1.807) is 13.0 Å². The molecule has 1 fully saturated rings. The van der Waals surface area contributed by atoms with E-state index >= 15 is 0 Å².